The van der Waals surface area contributed by atoms with Gasteiger partial charge >= 0.3 is 0 Å². The zero-order valence-electron chi connectivity index (χ0n) is 11.8. The number of nitrogens with zero attached hydrogens (tertiary/aromatic N) is 5. The van der Waals surface area contributed by atoms with Crippen molar-refractivity contribution in [1.29, 1.82) is 0 Å². The second kappa shape index (κ2) is 6.10. The van der Waals surface area contributed by atoms with Crippen LogP contribution in [0.15, 0.2) is 8.86 Å². The van der Waals surface area contributed by atoms with Crippen LogP contribution < -0.4 is 4.90 Å². The number of thioether (sulfide) groups is 1. The van der Waals surface area contributed by atoms with Gasteiger partial charge in [0.05, 0.1) is 5.75 Å². The first kappa shape index (κ1) is 14.5. The topological polar surface area (TPSA) is 85.0 Å². The van der Waals surface area contributed by atoms with Gasteiger partial charge in [0.1, 0.15) is 0 Å². The Hall–Kier alpha value is -1.48. The lowest BCUT2D eigenvalue weighted by atomic mass is 10.5. The Morgan fingerprint density at radius 3 is 2.90 bits per heavy atom. The minimum absolute atomic E-state index is 0.0229. The molecule has 0 aliphatic heterocycles. The molecule has 21 heavy (non-hydrogen) atoms. The molecule has 7 nitrogen and oxygen atoms in total. The van der Waals surface area contributed by atoms with Crippen LogP contribution in [-0.4, -0.2) is 32.3 Å². The van der Waals surface area contributed by atoms with Gasteiger partial charge in [-0.15, -0.1) is 10.2 Å². The van der Waals surface area contributed by atoms with E-state index in [0.29, 0.717) is 28.6 Å². The van der Waals surface area contributed by atoms with Crippen molar-refractivity contribution in [2.24, 2.45) is 0 Å². The van der Waals surface area contributed by atoms with Crippen molar-refractivity contribution >= 4 is 34.1 Å². The van der Waals surface area contributed by atoms with Crippen molar-refractivity contribution in [3.05, 3.63) is 11.7 Å². The molecular weight excluding hydrogens is 310 g/mol. The summed E-state index contributed by atoms with van der Waals surface area (Å²) in [4.78, 5) is 17.7. The predicted molar refractivity (Wildman–Crippen MR) is 79.3 cm³/mol. The summed E-state index contributed by atoms with van der Waals surface area (Å²) in [5.74, 6) is 1.87. The van der Waals surface area contributed by atoms with Gasteiger partial charge in [0, 0.05) is 19.4 Å². The molecule has 2 aromatic rings. The molecule has 0 radical (unpaired) electrons. The van der Waals surface area contributed by atoms with Crippen LogP contribution in [-0.2, 0) is 17.0 Å². The summed E-state index contributed by atoms with van der Waals surface area (Å²) in [6.45, 7) is 3.55. The van der Waals surface area contributed by atoms with Crippen molar-refractivity contribution in [2.45, 2.75) is 49.2 Å². The highest BCUT2D eigenvalue weighted by Crippen LogP contribution is 2.36. The summed E-state index contributed by atoms with van der Waals surface area (Å²) in [5, 5.41) is 12.8. The summed E-state index contributed by atoms with van der Waals surface area (Å²) in [6.07, 6.45) is 2.85. The lowest BCUT2D eigenvalue weighted by Gasteiger charge is -2.15. The number of anilines is 1. The predicted octanol–water partition coefficient (Wildman–Crippen LogP) is 2.29. The molecule has 1 saturated carbocycles. The SMILES string of the molecule is CCc1noc(CSc2nnc(N(C(C)=O)C3CC3)s2)n1. The molecule has 0 N–H and O–H groups in total. The van der Waals surface area contributed by atoms with Crippen molar-refractivity contribution in [2.75, 3.05) is 4.90 Å². The molecule has 0 aromatic carbocycles. The molecule has 0 spiro atoms. The van der Waals surface area contributed by atoms with Gasteiger partial charge in [0.15, 0.2) is 10.2 Å². The van der Waals surface area contributed by atoms with E-state index in [1.807, 2.05) is 6.92 Å². The van der Waals surface area contributed by atoms with Crippen LogP contribution in [0.2, 0.25) is 0 Å². The van der Waals surface area contributed by atoms with Crippen LogP contribution >= 0.6 is 23.1 Å². The maximum atomic E-state index is 11.7. The van der Waals surface area contributed by atoms with E-state index in [2.05, 4.69) is 20.3 Å². The van der Waals surface area contributed by atoms with Gasteiger partial charge in [-0.2, -0.15) is 4.98 Å². The van der Waals surface area contributed by atoms with E-state index in [1.54, 1.807) is 11.8 Å². The number of aromatic nitrogens is 4. The average molecular weight is 325 g/mol. The summed E-state index contributed by atoms with van der Waals surface area (Å²) in [6, 6.07) is 0.302. The fraction of sp³-hybridized carbons (Fsp3) is 0.583. The highest BCUT2D eigenvalue weighted by atomic mass is 32.2. The van der Waals surface area contributed by atoms with Gasteiger partial charge in [0.25, 0.3) is 0 Å². The summed E-state index contributed by atoms with van der Waals surface area (Å²) in [5.41, 5.74) is 0. The largest absolute Gasteiger partial charge is 0.338 e. The zero-order valence-corrected chi connectivity index (χ0v) is 13.4. The number of aryl methyl sites for hydroxylation is 1. The third-order valence-electron chi connectivity index (χ3n) is 3.00. The van der Waals surface area contributed by atoms with E-state index < -0.39 is 0 Å². The molecular formula is C12H15N5O2S2. The standard InChI is InChI=1S/C12H15N5O2S2/c1-3-9-13-10(19-16-9)6-20-12-15-14-11(21-12)17(7(2)18)8-4-5-8/h8H,3-6H2,1-2H3. The fourth-order valence-corrected chi connectivity index (χ4v) is 3.65. The number of hydrogen-bond donors (Lipinski definition) is 0. The van der Waals surface area contributed by atoms with E-state index in [0.717, 1.165) is 23.6 Å². The Labute approximate surface area is 130 Å². The summed E-state index contributed by atoms with van der Waals surface area (Å²) in [7, 11) is 0. The Balaban J connectivity index is 1.63. The van der Waals surface area contributed by atoms with Gasteiger partial charge < -0.3 is 4.52 Å². The van der Waals surface area contributed by atoms with Crippen LogP contribution in [0.4, 0.5) is 5.13 Å². The Bertz CT molecular complexity index is 637. The lowest BCUT2D eigenvalue weighted by Crippen LogP contribution is -2.30. The van der Waals surface area contributed by atoms with Gasteiger partial charge in [-0.1, -0.05) is 35.2 Å². The Kier molecular flexibility index (Phi) is 4.20. The monoisotopic (exact) mass is 325 g/mol. The second-order valence-corrected chi connectivity index (χ2v) is 6.90. The molecule has 0 atom stereocenters. The molecule has 2 aromatic heterocycles. The van der Waals surface area contributed by atoms with Crippen molar-refractivity contribution in [1.82, 2.24) is 20.3 Å². The summed E-state index contributed by atoms with van der Waals surface area (Å²) >= 11 is 2.92. The zero-order chi connectivity index (χ0) is 14.8. The van der Waals surface area contributed by atoms with Crippen LogP contribution in [0.5, 0.6) is 0 Å². The average Bonchev–Trinajstić information content (AvgIpc) is 3.01. The fourth-order valence-electron chi connectivity index (χ4n) is 1.85. The first-order valence-electron chi connectivity index (χ1n) is 6.75. The quantitative estimate of drug-likeness (QED) is 0.595. The van der Waals surface area contributed by atoms with E-state index in [4.69, 9.17) is 4.52 Å². The molecule has 0 bridgehead atoms. The minimum Gasteiger partial charge on any atom is -0.338 e. The van der Waals surface area contributed by atoms with E-state index >= 15 is 0 Å². The van der Waals surface area contributed by atoms with Crippen LogP contribution in [0.3, 0.4) is 0 Å². The number of carbonyl (C=O) groups is 1. The molecule has 0 unspecified atom stereocenters. The smallest absolute Gasteiger partial charge is 0.237 e. The molecule has 3 rings (SSSR count). The molecule has 2 heterocycles. The molecule has 1 fully saturated rings. The third-order valence-corrected chi connectivity index (χ3v) is 5.04. The van der Waals surface area contributed by atoms with Crippen LogP contribution in [0, 0.1) is 0 Å². The number of amides is 1. The van der Waals surface area contributed by atoms with Crippen molar-refractivity contribution < 1.29 is 9.32 Å². The Morgan fingerprint density at radius 1 is 1.48 bits per heavy atom. The summed E-state index contributed by atoms with van der Waals surface area (Å²) < 4.78 is 5.93. The van der Waals surface area contributed by atoms with Crippen molar-refractivity contribution in [3.63, 3.8) is 0 Å². The molecule has 1 aliphatic rings. The van der Waals surface area contributed by atoms with E-state index in [9.17, 15) is 4.79 Å². The van der Waals surface area contributed by atoms with Gasteiger partial charge in [0.2, 0.25) is 16.9 Å². The number of hydrogen-bond acceptors (Lipinski definition) is 8. The maximum absolute atomic E-state index is 11.7. The van der Waals surface area contributed by atoms with Crippen molar-refractivity contribution in [3.8, 4) is 0 Å². The van der Waals surface area contributed by atoms with Gasteiger partial charge in [-0.3, -0.25) is 9.69 Å². The Morgan fingerprint density at radius 2 is 2.29 bits per heavy atom. The molecule has 1 amide bonds. The number of carbonyl (C=O) groups excluding carboxylic acids is 1. The van der Waals surface area contributed by atoms with Gasteiger partial charge in [-0.25, -0.2) is 0 Å². The van der Waals surface area contributed by atoms with Crippen LogP contribution in [0.1, 0.15) is 38.4 Å². The molecule has 9 heteroatoms. The first-order chi connectivity index (χ1) is 10.2. The minimum atomic E-state index is 0.0229. The van der Waals surface area contributed by atoms with E-state index in [-0.39, 0.29) is 5.91 Å². The van der Waals surface area contributed by atoms with Gasteiger partial charge in [-0.05, 0) is 12.8 Å². The maximum Gasteiger partial charge on any atom is 0.237 e. The lowest BCUT2D eigenvalue weighted by molar-refractivity contribution is -0.116. The molecule has 0 saturated heterocycles. The number of rotatable bonds is 6. The molecule has 112 valence electrons. The third kappa shape index (κ3) is 3.41. The van der Waals surface area contributed by atoms with E-state index in [1.165, 1.54) is 23.1 Å². The van der Waals surface area contributed by atoms with Crippen LogP contribution in [0.25, 0.3) is 0 Å². The second-order valence-electron chi connectivity index (χ2n) is 4.72. The normalized spacial score (nSPS) is 14.4. The highest BCUT2D eigenvalue weighted by molar-refractivity contribution is 8.00. The first-order valence-corrected chi connectivity index (χ1v) is 8.55. The highest BCUT2D eigenvalue weighted by Gasteiger charge is 2.34. The molecule has 1 aliphatic carbocycles.